The normalized spacial score (nSPS) is 14.1. The van der Waals surface area contributed by atoms with E-state index < -0.39 is 8.32 Å². The molecule has 2 aromatic carbocycles. The van der Waals surface area contributed by atoms with E-state index >= 15 is 0 Å². The second-order valence-corrected chi connectivity index (χ2v) is 14.9. The molecule has 7 heteroatoms. The first kappa shape index (κ1) is 26.3. The Kier molecular flexibility index (Phi) is 7.50. The van der Waals surface area contributed by atoms with Gasteiger partial charge in [0.05, 0.1) is 23.3 Å². The summed E-state index contributed by atoms with van der Waals surface area (Å²) in [5, 5.41) is 6.72. The summed E-state index contributed by atoms with van der Waals surface area (Å²) in [6, 6.07) is 22.1. The number of nitrogens with zero attached hydrogens (tertiary/aromatic N) is 2. The summed E-state index contributed by atoms with van der Waals surface area (Å²) in [6.07, 6.45) is 5.43. The van der Waals surface area contributed by atoms with Crippen LogP contribution in [0.2, 0.25) is 5.04 Å². The van der Waals surface area contributed by atoms with Crippen LogP contribution in [0.4, 0.5) is 0 Å². The molecule has 0 saturated heterocycles. The maximum absolute atomic E-state index is 12.8. The summed E-state index contributed by atoms with van der Waals surface area (Å²) in [5.74, 6) is 0.0367. The largest absolute Gasteiger partial charge is 0.462 e. The minimum Gasteiger partial charge on any atom is -0.462 e. The molecule has 198 valence electrons. The molecule has 1 fully saturated rings. The van der Waals surface area contributed by atoms with E-state index in [0.29, 0.717) is 35.6 Å². The molecule has 1 aliphatic carbocycles. The zero-order valence-corrected chi connectivity index (χ0v) is 23.4. The first-order valence-corrected chi connectivity index (χ1v) is 15.6. The van der Waals surface area contributed by atoms with Gasteiger partial charge in [0.2, 0.25) is 0 Å². The van der Waals surface area contributed by atoms with E-state index in [0.717, 1.165) is 53.9 Å². The molecule has 1 N–H and O–H groups in total. The molecule has 5 rings (SSSR count). The average Bonchev–Trinajstić information content (AvgIpc) is 3.71. The second-order valence-electron chi connectivity index (χ2n) is 10.9. The monoisotopic (exact) mass is 528 g/mol. The third kappa shape index (κ3) is 5.05. The fourth-order valence-electron chi connectivity index (χ4n) is 5.51. The standard InChI is InChI=1S/C31H36N2O4Si/c1-4-36-30(34)25-21-27(22-18-19-22)32-29-28(25)26(33-37-29)17-11-12-20-31(2,3)38(35,23-13-7-5-8-14-23)24-15-9-6-10-16-24/h5-10,13-16,21-22,35H,4,11-12,17-20H2,1-3H3. The molecule has 0 spiro atoms. The van der Waals surface area contributed by atoms with E-state index in [4.69, 9.17) is 9.26 Å². The Morgan fingerprint density at radius 3 is 2.26 bits per heavy atom. The van der Waals surface area contributed by atoms with Crippen LogP contribution in [-0.4, -0.2) is 35.8 Å². The molecule has 2 aromatic heterocycles. The van der Waals surface area contributed by atoms with Crippen molar-refractivity contribution >= 4 is 35.8 Å². The van der Waals surface area contributed by atoms with E-state index in [1.54, 1.807) is 0 Å². The number of ether oxygens (including phenoxy) is 1. The zero-order chi connectivity index (χ0) is 26.8. The van der Waals surface area contributed by atoms with Crippen molar-refractivity contribution in [3.8, 4) is 0 Å². The SMILES string of the molecule is CCOC(=O)c1cc(C2CC2)nc2onc(CCCCC(C)(C)[Si](O)(c3ccccc3)c3ccccc3)c12. The van der Waals surface area contributed by atoms with E-state index in [-0.39, 0.29) is 11.0 Å². The molecule has 1 saturated carbocycles. The van der Waals surface area contributed by atoms with Crippen molar-refractivity contribution in [2.75, 3.05) is 6.61 Å². The Bertz CT molecular complexity index is 1360. The average molecular weight is 529 g/mol. The number of aromatic nitrogens is 2. The maximum Gasteiger partial charge on any atom is 0.339 e. The van der Waals surface area contributed by atoms with Gasteiger partial charge in [-0.1, -0.05) is 86.1 Å². The Morgan fingerprint density at radius 1 is 1.05 bits per heavy atom. The molecular formula is C31H36N2O4Si. The van der Waals surface area contributed by atoms with E-state index in [9.17, 15) is 9.59 Å². The third-order valence-electron chi connectivity index (χ3n) is 7.86. The smallest absolute Gasteiger partial charge is 0.339 e. The van der Waals surface area contributed by atoms with Crippen LogP contribution < -0.4 is 10.4 Å². The topological polar surface area (TPSA) is 85.5 Å². The first-order chi connectivity index (χ1) is 18.3. The number of carbonyl (C=O) groups is 1. The Morgan fingerprint density at radius 2 is 1.68 bits per heavy atom. The minimum absolute atomic E-state index is 0.307. The number of benzene rings is 2. The van der Waals surface area contributed by atoms with E-state index in [2.05, 4.69) is 48.3 Å². The van der Waals surface area contributed by atoms with Crippen molar-refractivity contribution in [3.05, 3.63) is 83.7 Å². The molecule has 0 amide bonds. The number of pyridine rings is 1. The van der Waals surface area contributed by atoms with Gasteiger partial charge >= 0.3 is 5.97 Å². The van der Waals surface area contributed by atoms with Crippen LogP contribution in [0.25, 0.3) is 11.1 Å². The lowest BCUT2D eigenvalue weighted by atomic mass is 10.0. The lowest BCUT2D eigenvalue weighted by molar-refractivity contribution is 0.0528. The summed E-state index contributed by atoms with van der Waals surface area (Å²) in [5.41, 5.74) is 2.55. The summed E-state index contributed by atoms with van der Waals surface area (Å²) in [7, 11) is -3.04. The van der Waals surface area contributed by atoms with Gasteiger partial charge in [-0.25, -0.2) is 9.78 Å². The van der Waals surface area contributed by atoms with Gasteiger partial charge in [0.1, 0.15) is 0 Å². The van der Waals surface area contributed by atoms with Crippen LogP contribution in [-0.2, 0) is 11.2 Å². The molecule has 38 heavy (non-hydrogen) atoms. The molecule has 6 nitrogen and oxygen atoms in total. The van der Waals surface area contributed by atoms with Crippen LogP contribution in [0, 0.1) is 0 Å². The highest BCUT2D eigenvalue weighted by atomic mass is 28.4. The quantitative estimate of drug-likeness (QED) is 0.157. The molecule has 1 aliphatic rings. The molecule has 4 aromatic rings. The minimum atomic E-state index is -3.04. The van der Waals surface area contributed by atoms with Crippen LogP contribution in [0.3, 0.4) is 0 Å². The molecule has 2 heterocycles. The highest BCUT2D eigenvalue weighted by Gasteiger charge is 2.49. The van der Waals surface area contributed by atoms with E-state index in [1.807, 2.05) is 49.4 Å². The number of rotatable bonds is 11. The molecular weight excluding hydrogens is 492 g/mol. The third-order valence-corrected chi connectivity index (χ3v) is 12.4. The van der Waals surface area contributed by atoms with Crippen molar-refractivity contribution in [2.45, 2.75) is 70.3 Å². The highest BCUT2D eigenvalue weighted by molar-refractivity contribution is 6.98. The summed E-state index contributed by atoms with van der Waals surface area (Å²) < 4.78 is 11.0. The molecule has 0 atom stereocenters. The Hall–Kier alpha value is -3.29. The van der Waals surface area contributed by atoms with Gasteiger partial charge in [-0.2, -0.15) is 0 Å². The Balaban J connectivity index is 1.35. The van der Waals surface area contributed by atoms with Crippen LogP contribution >= 0.6 is 0 Å². The molecule has 0 aliphatic heterocycles. The van der Waals surface area contributed by atoms with Gasteiger partial charge in [-0.15, -0.1) is 0 Å². The summed E-state index contributed by atoms with van der Waals surface area (Å²) in [6.45, 7) is 6.50. The van der Waals surface area contributed by atoms with Crippen molar-refractivity contribution in [2.24, 2.45) is 0 Å². The van der Waals surface area contributed by atoms with Crippen molar-refractivity contribution in [1.29, 1.82) is 0 Å². The van der Waals surface area contributed by atoms with Gasteiger partial charge < -0.3 is 14.1 Å². The number of esters is 1. The van der Waals surface area contributed by atoms with E-state index in [1.165, 1.54) is 0 Å². The Labute approximate surface area is 225 Å². The lowest BCUT2D eigenvalue weighted by Gasteiger charge is -2.41. The number of hydrogen-bond acceptors (Lipinski definition) is 6. The van der Waals surface area contributed by atoms with Crippen molar-refractivity contribution < 1.29 is 18.9 Å². The van der Waals surface area contributed by atoms with Crippen molar-refractivity contribution in [3.63, 3.8) is 0 Å². The number of carbonyl (C=O) groups excluding carboxylic acids is 1. The van der Waals surface area contributed by atoms with Gasteiger partial charge in [-0.05, 0) is 60.5 Å². The fraction of sp³-hybridized carbons (Fsp3) is 0.387. The molecule has 0 bridgehead atoms. The number of unbranched alkanes of at least 4 members (excludes halogenated alkanes) is 1. The number of hydrogen-bond donors (Lipinski definition) is 1. The number of fused-ring (bicyclic) bond motifs is 1. The maximum atomic E-state index is 12.8. The van der Waals surface area contributed by atoms with Crippen LogP contribution in [0.5, 0.6) is 0 Å². The predicted molar refractivity (Wildman–Crippen MR) is 151 cm³/mol. The van der Waals surface area contributed by atoms with Gasteiger partial charge in [-0.3, -0.25) is 0 Å². The van der Waals surface area contributed by atoms with Crippen LogP contribution in [0.1, 0.15) is 80.5 Å². The molecule has 0 radical (unpaired) electrons. The first-order valence-electron chi connectivity index (χ1n) is 13.6. The fourth-order valence-corrected chi connectivity index (χ4v) is 9.29. The van der Waals surface area contributed by atoms with Gasteiger partial charge in [0.15, 0.2) is 0 Å². The highest BCUT2D eigenvalue weighted by Crippen LogP contribution is 2.42. The molecule has 0 unspecified atom stereocenters. The predicted octanol–water partition coefficient (Wildman–Crippen LogP) is 5.52. The zero-order valence-electron chi connectivity index (χ0n) is 22.4. The lowest BCUT2D eigenvalue weighted by Crippen LogP contribution is -2.65. The van der Waals surface area contributed by atoms with Gasteiger partial charge in [0.25, 0.3) is 14.0 Å². The van der Waals surface area contributed by atoms with Gasteiger partial charge in [0, 0.05) is 11.6 Å². The summed E-state index contributed by atoms with van der Waals surface area (Å²) in [4.78, 5) is 29.8. The number of aryl methyl sites for hydroxylation is 1. The summed E-state index contributed by atoms with van der Waals surface area (Å²) >= 11 is 0. The van der Waals surface area contributed by atoms with Crippen LogP contribution in [0.15, 0.2) is 71.3 Å². The van der Waals surface area contributed by atoms with Crippen molar-refractivity contribution in [1.82, 2.24) is 10.1 Å². The second kappa shape index (κ2) is 10.8.